The van der Waals surface area contributed by atoms with E-state index in [9.17, 15) is 0 Å². The average molecular weight is 332 g/mol. The van der Waals surface area contributed by atoms with Gasteiger partial charge in [0.15, 0.2) is 0 Å². The van der Waals surface area contributed by atoms with Crippen LogP contribution in [0.3, 0.4) is 0 Å². The minimum absolute atomic E-state index is 0.927. The van der Waals surface area contributed by atoms with Gasteiger partial charge in [-0.2, -0.15) is 0 Å². The second-order valence-corrected chi connectivity index (χ2v) is 6.42. The summed E-state index contributed by atoms with van der Waals surface area (Å²) in [6.07, 6.45) is 29.2. The highest BCUT2D eigenvalue weighted by Gasteiger charge is 2.18. The first kappa shape index (κ1) is 16.2. The standard InChI is InChI=1S/C26H20/c1-3-9-21(10-4-1)17-23-13-7-15-25(19-23)26-16-8-14-24(20-26)18-22-11-5-2-6-12-22/h1,3-13,15-16,19-20H,2,14H2/q+2. The molecule has 0 bridgehead atoms. The quantitative estimate of drug-likeness (QED) is 0.439. The molecule has 122 valence electrons. The van der Waals surface area contributed by atoms with Crippen LogP contribution in [0.5, 0.6) is 0 Å². The average Bonchev–Trinajstić information content (AvgIpc) is 2.70. The van der Waals surface area contributed by atoms with Crippen molar-refractivity contribution in [2.75, 3.05) is 0 Å². The highest BCUT2D eigenvalue weighted by molar-refractivity contribution is 5.59. The highest BCUT2D eigenvalue weighted by Crippen LogP contribution is 2.27. The highest BCUT2D eigenvalue weighted by atomic mass is 14.1. The number of hydrogen-bond acceptors (Lipinski definition) is 0. The normalized spacial score (nSPS) is 19.6. The monoisotopic (exact) mass is 332 g/mol. The third-order valence-corrected chi connectivity index (χ3v) is 4.40. The van der Waals surface area contributed by atoms with Gasteiger partial charge in [-0.25, -0.2) is 0 Å². The van der Waals surface area contributed by atoms with E-state index in [0.29, 0.717) is 0 Å². The predicted molar refractivity (Wildman–Crippen MR) is 109 cm³/mol. The fraction of sp³-hybridized carbons (Fsp3) is 0.0769. The third-order valence-electron chi connectivity index (χ3n) is 4.40. The molecule has 0 N–H and O–H groups in total. The zero-order valence-electron chi connectivity index (χ0n) is 14.7. The molecule has 0 heteroatoms. The van der Waals surface area contributed by atoms with Crippen molar-refractivity contribution in [3.05, 3.63) is 143 Å². The first-order valence-corrected chi connectivity index (χ1v) is 9.00. The van der Waals surface area contributed by atoms with Gasteiger partial charge >= 0.3 is 0 Å². The fourth-order valence-corrected chi connectivity index (χ4v) is 3.13. The van der Waals surface area contributed by atoms with Crippen LogP contribution in [0, 0.1) is 12.5 Å². The molecule has 4 rings (SSSR count). The summed E-state index contributed by atoms with van der Waals surface area (Å²) >= 11 is 0. The molecule has 0 spiro atoms. The van der Waals surface area contributed by atoms with E-state index in [1.54, 1.807) is 0 Å². The Morgan fingerprint density at radius 2 is 1.65 bits per heavy atom. The summed E-state index contributed by atoms with van der Waals surface area (Å²) in [7, 11) is 0. The lowest BCUT2D eigenvalue weighted by Crippen LogP contribution is -1.96. The molecule has 0 saturated carbocycles. The Balaban J connectivity index is 1.64. The molecule has 1 aromatic carbocycles. The van der Waals surface area contributed by atoms with Gasteiger partial charge in [0.25, 0.3) is 0 Å². The Labute approximate surface area is 156 Å². The zero-order chi connectivity index (χ0) is 17.6. The van der Waals surface area contributed by atoms with Crippen LogP contribution in [0.25, 0.3) is 0 Å². The van der Waals surface area contributed by atoms with Crippen LogP contribution in [0.4, 0.5) is 0 Å². The van der Waals surface area contributed by atoms with Crippen molar-refractivity contribution in [2.45, 2.75) is 12.8 Å². The molecule has 0 aliphatic heterocycles. The van der Waals surface area contributed by atoms with E-state index >= 15 is 0 Å². The van der Waals surface area contributed by atoms with Gasteiger partial charge < -0.3 is 0 Å². The maximum absolute atomic E-state index is 3.53. The van der Waals surface area contributed by atoms with Gasteiger partial charge in [0.05, 0.1) is 30.2 Å². The summed E-state index contributed by atoms with van der Waals surface area (Å²) in [5.41, 5.74) is 10.5. The summed E-state index contributed by atoms with van der Waals surface area (Å²) in [4.78, 5) is 0. The van der Waals surface area contributed by atoms with Gasteiger partial charge in [0.2, 0.25) is 11.1 Å². The maximum Gasteiger partial charge on any atom is 0.226 e. The van der Waals surface area contributed by atoms with Crippen LogP contribution >= 0.6 is 0 Å². The maximum atomic E-state index is 3.53. The van der Waals surface area contributed by atoms with Gasteiger partial charge in [0.1, 0.15) is 6.08 Å². The van der Waals surface area contributed by atoms with Crippen molar-refractivity contribution in [2.24, 2.45) is 0 Å². The van der Waals surface area contributed by atoms with Crippen LogP contribution in [-0.2, 0) is 0 Å². The van der Waals surface area contributed by atoms with Gasteiger partial charge in [-0.1, -0.05) is 36.5 Å². The van der Waals surface area contributed by atoms with Gasteiger partial charge in [-0.3, -0.25) is 0 Å². The largest absolute Gasteiger partial charge is 0.226 e. The molecule has 0 radical (unpaired) electrons. The molecular formula is C26H20+2. The first-order chi connectivity index (χ1) is 12.9. The third kappa shape index (κ3) is 4.02. The number of rotatable bonds is 2. The van der Waals surface area contributed by atoms with E-state index in [2.05, 4.69) is 91.1 Å². The SMILES string of the molecule is C(=C1C=CCC=C1)=C1C=C(C2=CC(=[C+]c3ccccc3)[CH+]C=C2)C=CC1. The van der Waals surface area contributed by atoms with E-state index in [-0.39, 0.29) is 0 Å². The van der Waals surface area contributed by atoms with Crippen LogP contribution in [0.1, 0.15) is 18.4 Å². The van der Waals surface area contributed by atoms with Crippen molar-refractivity contribution in [3.63, 3.8) is 0 Å². The Morgan fingerprint density at radius 3 is 2.50 bits per heavy atom. The molecule has 0 unspecified atom stereocenters. The second-order valence-electron chi connectivity index (χ2n) is 6.42. The van der Waals surface area contributed by atoms with Crippen molar-refractivity contribution in [3.8, 4) is 0 Å². The van der Waals surface area contributed by atoms with Crippen LogP contribution in [0.2, 0.25) is 0 Å². The second kappa shape index (κ2) is 7.72. The summed E-state index contributed by atoms with van der Waals surface area (Å²) < 4.78 is 0. The summed E-state index contributed by atoms with van der Waals surface area (Å²) in [6, 6.07) is 10.3. The van der Waals surface area contributed by atoms with E-state index in [4.69, 9.17) is 0 Å². The van der Waals surface area contributed by atoms with Crippen molar-refractivity contribution in [1.29, 1.82) is 0 Å². The van der Waals surface area contributed by atoms with Crippen LogP contribution < -0.4 is 0 Å². The molecular weight excluding hydrogens is 312 g/mol. The molecule has 0 heterocycles. The minimum Gasteiger partial charge on any atom is -0.109 e. The summed E-state index contributed by atoms with van der Waals surface area (Å²) in [5, 5.41) is 0. The molecule has 0 aromatic heterocycles. The Morgan fingerprint density at radius 1 is 0.846 bits per heavy atom. The molecule has 0 atom stereocenters. The lowest BCUT2D eigenvalue weighted by molar-refractivity contribution is 1.23. The molecule has 0 saturated heterocycles. The number of allylic oxidation sites excluding steroid dienone is 14. The van der Waals surface area contributed by atoms with Gasteiger partial charge in [-0.15, -0.1) is 5.73 Å². The Hall–Kier alpha value is -3.30. The lowest BCUT2D eigenvalue weighted by Gasteiger charge is -2.09. The van der Waals surface area contributed by atoms with Gasteiger partial charge in [0, 0.05) is 23.8 Å². The summed E-state index contributed by atoms with van der Waals surface area (Å²) in [5.74, 6) is 0. The predicted octanol–water partition coefficient (Wildman–Crippen LogP) is 6.32. The minimum atomic E-state index is 0.927. The van der Waals surface area contributed by atoms with Gasteiger partial charge in [-0.05, 0) is 42.2 Å². The topological polar surface area (TPSA) is 0 Å². The van der Waals surface area contributed by atoms with E-state index in [1.807, 2.05) is 18.2 Å². The van der Waals surface area contributed by atoms with Crippen molar-refractivity contribution < 1.29 is 0 Å². The molecule has 26 heavy (non-hydrogen) atoms. The zero-order valence-corrected chi connectivity index (χ0v) is 14.7. The first-order valence-electron chi connectivity index (χ1n) is 9.00. The van der Waals surface area contributed by atoms with E-state index < -0.39 is 0 Å². The molecule has 0 fully saturated rings. The molecule has 0 amide bonds. The number of hydrogen-bond donors (Lipinski definition) is 0. The van der Waals surface area contributed by atoms with Crippen LogP contribution in [0.15, 0.2) is 125 Å². The van der Waals surface area contributed by atoms with Crippen LogP contribution in [-0.4, -0.2) is 0 Å². The smallest absolute Gasteiger partial charge is 0.109 e. The Kier molecular flexibility index (Phi) is 4.81. The molecule has 1 aromatic rings. The van der Waals surface area contributed by atoms with E-state index in [1.165, 1.54) is 16.7 Å². The molecule has 0 nitrogen and oxygen atoms in total. The summed E-state index contributed by atoms with van der Waals surface area (Å²) in [6.45, 7) is 0. The molecule has 3 aliphatic rings. The fourth-order valence-electron chi connectivity index (χ4n) is 3.13. The number of benzene rings is 1. The lowest BCUT2D eigenvalue weighted by atomic mass is 9.91. The van der Waals surface area contributed by atoms with E-state index in [0.717, 1.165) is 29.6 Å². The molecule has 3 aliphatic carbocycles. The van der Waals surface area contributed by atoms with Crippen molar-refractivity contribution >= 4 is 0 Å². The van der Waals surface area contributed by atoms with Crippen molar-refractivity contribution in [1.82, 2.24) is 0 Å². The Bertz CT molecular complexity index is 946.